The van der Waals surface area contributed by atoms with Crippen LogP contribution >= 0.6 is 0 Å². The van der Waals surface area contributed by atoms with Gasteiger partial charge in [0.2, 0.25) is 0 Å². The molecule has 0 saturated heterocycles. The summed E-state index contributed by atoms with van der Waals surface area (Å²) in [6, 6.07) is 9.11. The van der Waals surface area contributed by atoms with E-state index in [9.17, 15) is 4.79 Å². The third-order valence-electron chi connectivity index (χ3n) is 2.96. The Morgan fingerprint density at radius 2 is 2.35 bits per heavy atom. The fourth-order valence-corrected chi connectivity index (χ4v) is 1.85. The largest absolute Gasteiger partial charge is 0.395 e. The number of H-pyrrole nitrogens is 1. The number of carbonyl (C=O) groups excluding carboxylic acids is 1. The number of aromatic amines is 1. The number of nitrogen functional groups attached to an aromatic ring is 1. The van der Waals surface area contributed by atoms with E-state index in [-0.39, 0.29) is 11.6 Å². The van der Waals surface area contributed by atoms with E-state index in [1.54, 1.807) is 18.2 Å². The molecule has 0 atom stereocenters. The van der Waals surface area contributed by atoms with Gasteiger partial charge in [-0.1, -0.05) is 19.1 Å². The average molecular weight is 269 g/mol. The van der Waals surface area contributed by atoms with Crippen LogP contribution in [0, 0.1) is 11.3 Å². The Kier molecular flexibility index (Phi) is 4.01. The molecule has 1 amide bonds. The zero-order valence-corrected chi connectivity index (χ0v) is 11.1. The summed E-state index contributed by atoms with van der Waals surface area (Å²) in [5.74, 6) is -0.333. The van der Waals surface area contributed by atoms with Crippen molar-refractivity contribution in [1.29, 1.82) is 5.26 Å². The monoisotopic (exact) mass is 269 g/mol. The van der Waals surface area contributed by atoms with Crippen LogP contribution < -0.4 is 11.1 Å². The molecule has 0 aliphatic rings. The summed E-state index contributed by atoms with van der Waals surface area (Å²) in [6.07, 6.45) is 0.691. The minimum Gasteiger partial charge on any atom is -0.395 e. The van der Waals surface area contributed by atoms with Crippen molar-refractivity contribution in [2.24, 2.45) is 0 Å². The molecule has 1 aromatic carbocycles. The van der Waals surface area contributed by atoms with E-state index < -0.39 is 0 Å². The molecule has 1 aromatic heterocycles. The molecule has 1 heterocycles. The molecular formula is C14H15N5O. The lowest BCUT2D eigenvalue weighted by atomic mass is 10.1. The van der Waals surface area contributed by atoms with Gasteiger partial charge in [-0.2, -0.15) is 10.4 Å². The fourth-order valence-electron chi connectivity index (χ4n) is 1.85. The Labute approximate surface area is 116 Å². The molecule has 0 fully saturated rings. The summed E-state index contributed by atoms with van der Waals surface area (Å²) < 4.78 is 0. The van der Waals surface area contributed by atoms with Crippen LogP contribution in [0.4, 0.5) is 5.69 Å². The lowest BCUT2D eigenvalue weighted by Gasteiger charge is -2.04. The number of benzene rings is 1. The predicted molar refractivity (Wildman–Crippen MR) is 74.7 cm³/mol. The van der Waals surface area contributed by atoms with Crippen molar-refractivity contribution < 1.29 is 4.79 Å². The number of nitrogens with two attached hydrogens (primary N) is 1. The first-order valence-corrected chi connectivity index (χ1v) is 6.25. The summed E-state index contributed by atoms with van der Waals surface area (Å²) in [7, 11) is 0. The van der Waals surface area contributed by atoms with Crippen molar-refractivity contribution in [2.75, 3.05) is 5.73 Å². The van der Waals surface area contributed by atoms with Crippen molar-refractivity contribution >= 4 is 11.6 Å². The zero-order chi connectivity index (χ0) is 14.5. The molecule has 4 N–H and O–H groups in total. The van der Waals surface area contributed by atoms with Crippen molar-refractivity contribution in [2.45, 2.75) is 19.9 Å². The molecule has 0 aliphatic heterocycles. The standard InChI is InChI=1S/C14H15N5O/c1-2-11-12(16)13(19-18-11)14(20)17-8-10-5-3-4-9(6-10)7-15/h3-6H,2,8,16H2,1H3,(H,17,20)(H,18,19). The topological polar surface area (TPSA) is 108 Å². The first-order valence-electron chi connectivity index (χ1n) is 6.25. The van der Waals surface area contributed by atoms with Crippen LogP contribution in [0.15, 0.2) is 24.3 Å². The van der Waals surface area contributed by atoms with Crippen LogP contribution in [0.1, 0.15) is 34.2 Å². The number of hydrogen-bond donors (Lipinski definition) is 3. The van der Waals surface area contributed by atoms with Gasteiger partial charge in [-0.05, 0) is 24.1 Å². The van der Waals surface area contributed by atoms with Gasteiger partial charge in [-0.3, -0.25) is 9.89 Å². The van der Waals surface area contributed by atoms with Crippen molar-refractivity contribution in [1.82, 2.24) is 15.5 Å². The number of hydrogen-bond acceptors (Lipinski definition) is 4. The van der Waals surface area contributed by atoms with E-state index in [2.05, 4.69) is 21.6 Å². The highest BCUT2D eigenvalue weighted by atomic mass is 16.1. The Morgan fingerprint density at radius 3 is 3.00 bits per heavy atom. The average Bonchev–Trinajstić information content (AvgIpc) is 2.86. The summed E-state index contributed by atoms with van der Waals surface area (Å²) >= 11 is 0. The Balaban J connectivity index is 2.05. The number of anilines is 1. The molecule has 2 rings (SSSR count). The van der Waals surface area contributed by atoms with Crippen LogP contribution in [-0.4, -0.2) is 16.1 Å². The first-order chi connectivity index (χ1) is 9.65. The maximum absolute atomic E-state index is 12.0. The molecule has 0 bridgehead atoms. The third-order valence-corrected chi connectivity index (χ3v) is 2.96. The smallest absolute Gasteiger partial charge is 0.274 e. The molecule has 0 unspecified atom stereocenters. The highest BCUT2D eigenvalue weighted by Crippen LogP contribution is 2.14. The maximum atomic E-state index is 12.0. The molecule has 20 heavy (non-hydrogen) atoms. The fraction of sp³-hybridized carbons (Fsp3) is 0.214. The zero-order valence-electron chi connectivity index (χ0n) is 11.1. The summed E-state index contributed by atoms with van der Waals surface area (Å²) in [4.78, 5) is 12.0. The van der Waals surface area contributed by atoms with Crippen LogP contribution in [0.3, 0.4) is 0 Å². The van der Waals surface area contributed by atoms with Gasteiger partial charge in [0.25, 0.3) is 5.91 Å². The quantitative estimate of drug-likeness (QED) is 0.778. The van der Waals surface area contributed by atoms with Crippen molar-refractivity contribution in [3.63, 3.8) is 0 Å². The van der Waals surface area contributed by atoms with Gasteiger partial charge >= 0.3 is 0 Å². The number of rotatable bonds is 4. The normalized spacial score (nSPS) is 10.0. The molecule has 0 aliphatic carbocycles. The minimum atomic E-state index is -0.333. The number of nitrogens with one attached hydrogen (secondary N) is 2. The van der Waals surface area contributed by atoms with Crippen LogP contribution in [0.5, 0.6) is 0 Å². The van der Waals surface area contributed by atoms with Crippen LogP contribution in [0.2, 0.25) is 0 Å². The summed E-state index contributed by atoms with van der Waals surface area (Å²) in [6.45, 7) is 2.25. The first kappa shape index (κ1) is 13.6. The van der Waals surface area contributed by atoms with Gasteiger partial charge in [0.15, 0.2) is 5.69 Å². The molecule has 6 nitrogen and oxygen atoms in total. The summed E-state index contributed by atoms with van der Waals surface area (Å²) in [5.41, 5.74) is 8.58. The summed E-state index contributed by atoms with van der Waals surface area (Å²) in [5, 5.41) is 18.2. The molecular weight excluding hydrogens is 254 g/mol. The van der Waals surface area contributed by atoms with E-state index in [1.165, 1.54) is 0 Å². The van der Waals surface area contributed by atoms with Crippen molar-refractivity contribution in [3.05, 3.63) is 46.8 Å². The second-order valence-electron chi connectivity index (χ2n) is 4.31. The van der Waals surface area contributed by atoms with Gasteiger partial charge < -0.3 is 11.1 Å². The van der Waals surface area contributed by atoms with E-state index in [0.29, 0.717) is 24.2 Å². The highest BCUT2D eigenvalue weighted by molar-refractivity contribution is 5.97. The van der Waals surface area contributed by atoms with Gasteiger partial charge in [0.05, 0.1) is 23.0 Å². The second kappa shape index (κ2) is 5.89. The predicted octanol–water partition coefficient (Wildman–Crippen LogP) is 1.36. The minimum absolute atomic E-state index is 0.207. The van der Waals surface area contributed by atoms with Crippen LogP contribution in [0.25, 0.3) is 0 Å². The Morgan fingerprint density at radius 1 is 1.55 bits per heavy atom. The lowest BCUT2D eigenvalue weighted by molar-refractivity contribution is 0.0947. The number of amides is 1. The third kappa shape index (κ3) is 2.78. The van der Waals surface area contributed by atoms with Gasteiger partial charge in [-0.15, -0.1) is 0 Å². The number of aryl methyl sites for hydroxylation is 1. The molecule has 6 heteroatoms. The Hall–Kier alpha value is -2.81. The number of nitriles is 1. The number of aromatic nitrogens is 2. The van der Waals surface area contributed by atoms with E-state index in [1.807, 2.05) is 13.0 Å². The lowest BCUT2D eigenvalue weighted by Crippen LogP contribution is -2.24. The molecule has 2 aromatic rings. The molecule has 0 spiro atoms. The van der Waals surface area contributed by atoms with E-state index in [4.69, 9.17) is 11.0 Å². The Bertz CT molecular complexity index is 668. The van der Waals surface area contributed by atoms with E-state index >= 15 is 0 Å². The van der Waals surface area contributed by atoms with E-state index in [0.717, 1.165) is 11.3 Å². The SMILES string of the molecule is CCc1[nH]nc(C(=O)NCc2cccc(C#N)c2)c1N. The highest BCUT2D eigenvalue weighted by Gasteiger charge is 2.15. The van der Waals surface area contributed by atoms with Gasteiger partial charge in [-0.25, -0.2) is 0 Å². The molecule has 0 saturated carbocycles. The maximum Gasteiger partial charge on any atom is 0.274 e. The van der Waals surface area contributed by atoms with Gasteiger partial charge in [0.1, 0.15) is 0 Å². The second-order valence-corrected chi connectivity index (χ2v) is 4.31. The number of nitrogens with zero attached hydrogens (tertiary/aromatic N) is 2. The molecule has 0 radical (unpaired) electrons. The van der Waals surface area contributed by atoms with Gasteiger partial charge in [0, 0.05) is 6.54 Å². The molecule has 102 valence electrons. The number of carbonyl (C=O) groups is 1. The van der Waals surface area contributed by atoms with Crippen molar-refractivity contribution in [3.8, 4) is 6.07 Å². The van der Waals surface area contributed by atoms with Crippen LogP contribution in [-0.2, 0) is 13.0 Å².